The molecule has 0 fully saturated rings. The Bertz CT molecular complexity index is 843. The number of rotatable bonds is 7. The molecule has 138 valence electrons. The van der Waals surface area contributed by atoms with Gasteiger partial charge in [0, 0.05) is 23.3 Å². The van der Waals surface area contributed by atoms with Gasteiger partial charge in [-0.3, -0.25) is 4.79 Å². The lowest BCUT2D eigenvalue weighted by molar-refractivity contribution is 0.0497. The highest BCUT2D eigenvalue weighted by atomic mass is 35.5. The van der Waals surface area contributed by atoms with Crippen LogP contribution in [0.3, 0.4) is 0 Å². The molecule has 5 nitrogen and oxygen atoms in total. The summed E-state index contributed by atoms with van der Waals surface area (Å²) in [6, 6.07) is 7.16. The average Bonchev–Trinajstić information content (AvgIpc) is 2.63. The molecule has 2 rings (SSSR count). The number of carbonyl (C=O) groups is 1. The van der Waals surface area contributed by atoms with Gasteiger partial charge in [-0.1, -0.05) is 29.8 Å². The summed E-state index contributed by atoms with van der Waals surface area (Å²) >= 11 is 6.10. The Morgan fingerprint density at radius 1 is 1.15 bits per heavy atom. The first-order valence-electron chi connectivity index (χ1n) is 7.91. The van der Waals surface area contributed by atoms with Crippen LogP contribution >= 0.6 is 11.6 Å². The van der Waals surface area contributed by atoms with E-state index in [0.717, 1.165) is 0 Å². The fraction of sp³-hybridized carbons (Fsp3) is 0.250. The molecule has 0 aliphatic rings. The van der Waals surface area contributed by atoms with Gasteiger partial charge >= 0.3 is 0 Å². The molecule has 0 unspecified atom stereocenters. The number of halogens is 1. The summed E-state index contributed by atoms with van der Waals surface area (Å²) < 4.78 is 15.8. The first-order valence-corrected chi connectivity index (χ1v) is 8.28. The van der Waals surface area contributed by atoms with Crippen molar-refractivity contribution >= 4 is 23.5 Å². The third kappa shape index (κ3) is 4.00. The molecule has 0 saturated carbocycles. The molecule has 0 amide bonds. The minimum atomic E-state index is -0.399. The van der Waals surface area contributed by atoms with Gasteiger partial charge in [0.15, 0.2) is 12.6 Å². The van der Waals surface area contributed by atoms with Crippen LogP contribution in [0.15, 0.2) is 30.3 Å². The van der Waals surface area contributed by atoms with Crippen molar-refractivity contribution in [1.82, 2.24) is 0 Å². The zero-order valence-electron chi connectivity index (χ0n) is 15.1. The number of aromatic hydroxyl groups is 1. The number of ether oxygens (including phenoxy) is 3. The minimum absolute atomic E-state index is 0.0178. The molecule has 0 spiro atoms. The molecule has 26 heavy (non-hydrogen) atoms. The summed E-state index contributed by atoms with van der Waals surface area (Å²) in [6.07, 6.45) is 2.96. The van der Waals surface area contributed by atoms with Crippen molar-refractivity contribution < 1.29 is 24.1 Å². The molecule has 2 aromatic rings. The Morgan fingerprint density at radius 3 is 2.46 bits per heavy atom. The Labute approximate surface area is 157 Å². The van der Waals surface area contributed by atoms with Gasteiger partial charge in [-0.25, -0.2) is 0 Å². The molecule has 0 aliphatic heterocycles. The number of carbonyl (C=O) groups excluding carboxylic acids is 1. The van der Waals surface area contributed by atoms with Crippen LogP contribution in [-0.2, 0) is 4.74 Å². The Morgan fingerprint density at radius 2 is 1.85 bits per heavy atom. The molecule has 0 aliphatic carbocycles. The molecule has 1 N–H and O–H groups in total. The van der Waals surface area contributed by atoms with Gasteiger partial charge in [-0.15, -0.1) is 0 Å². The Kier molecular flexibility index (Phi) is 6.66. The number of phenolic OH excluding ortho intramolecular Hbond substituents is 1. The second kappa shape index (κ2) is 8.74. The maximum Gasteiger partial charge on any atom is 0.193 e. The predicted molar refractivity (Wildman–Crippen MR) is 101 cm³/mol. The maximum absolute atomic E-state index is 12.7. The first kappa shape index (κ1) is 19.8. The van der Waals surface area contributed by atoms with E-state index in [0.29, 0.717) is 27.5 Å². The molecular formula is C20H21ClO5. The van der Waals surface area contributed by atoms with Crippen LogP contribution in [0.5, 0.6) is 17.2 Å². The highest BCUT2D eigenvalue weighted by Crippen LogP contribution is 2.42. The van der Waals surface area contributed by atoms with Gasteiger partial charge in [0.1, 0.15) is 22.8 Å². The number of hydrogen-bond donors (Lipinski definition) is 1. The number of benzene rings is 2. The summed E-state index contributed by atoms with van der Waals surface area (Å²) in [4.78, 5) is 12.7. The van der Waals surface area contributed by atoms with E-state index in [2.05, 4.69) is 0 Å². The topological polar surface area (TPSA) is 65.0 Å². The van der Waals surface area contributed by atoms with Crippen LogP contribution in [0.2, 0.25) is 5.02 Å². The van der Waals surface area contributed by atoms with Crippen molar-refractivity contribution in [2.45, 2.75) is 13.8 Å². The summed E-state index contributed by atoms with van der Waals surface area (Å²) in [7, 11) is 2.94. The van der Waals surface area contributed by atoms with Crippen molar-refractivity contribution in [1.29, 1.82) is 0 Å². The molecule has 2 aromatic carbocycles. The maximum atomic E-state index is 12.7. The van der Waals surface area contributed by atoms with Gasteiger partial charge in [0.05, 0.1) is 7.11 Å². The van der Waals surface area contributed by atoms with Crippen molar-refractivity contribution in [3.63, 3.8) is 0 Å². The lowest BCUT2D eigenvalue weighted by atomic mass is 9.98. The second-order valence-electron chi connectivity index (χ2n) is 5.61. The Balaban J connectivity index is 2.48. The predicted octanol–water partition coefficient (Wildman–Crippen LogP) is 4.55. The van der Waals surface area contributed by atoms with Crippen LogP contribution in [-0.4, -0.2) is 31.9 Å². The van der Waals surface area contributed by atoms with Gasteiger partial charge < -0.3 is 19.3 Å². The van der Waals surface area contributed by atoms with Crippen LogP contribution in [0.25, 0.3) is 6.08 Å². The number of phenols is 1. The first-order chi connectivity index (χ1) is 12.4. The summed E-state index contributed by atoms with van der Waals surface area (Å²) in [5.41, 5.74) is 1.83. The normalized spacial score (nSPS) is 11.0. The highest BCUT2D eigenvalue weighted by Gasteiger charge is 2.24. The van der Waals surface area contributed by atoms with E-state index in [4.69, 9.17) is 25.8 Å². The van der Waals surface area contributed by atoms with Crippen LogP contribution in [0.1, 0.15) is 27.0 Å². The quantitative estimate of drug-likeness (QED) is 0.436. The van der Waals surface area contributed by atoms with Gasteiger partial charge in [0.2, 0.25) is 0 Å². The third-order valence-corrected chi connectivity index (χ3v) is 4.28. The number of allylic oxidation sites excluding steroid dienone is 1. The number of methoxy groups -OCH3 is 2. The van der Waals surface area contributed by atoms with Crippen molar-refractivity contribution in [3.05, 3.63) is 57.6 Å². The summed E-state index contributed by atoms with van der Waals surface area (Å²) in [6.45, 7) is 3.44. The third-order valence-electron chi connectivity index (χ3n) is 3.93. The van der Waals surface area contributed by atoms with Crippen LogP contribution < -0.4 is 9.47 Å². The monoisotopic (exact) mass is 376 g/mol. The van der Waals surface area contributed by atoms with Crippen molar-refractivity contribution in [2.24, 2.45) is 0 Å². The molecular weight excluding hydrogens is 356 g/mol. The lowest BCUT2D eigenvalue weighted by Crippen LogP contribution is -2.08. The largest absolute Gasteiger partial charge is 0.507 e. The van der Waals surface area contributed by atoms with Gasteiger partial charge in [0.25, 0.3) is 0 Å². The average molecular weight is 377 g/mol. The molecule has 0 bridgehead atoms. The zero-order chi connectivity index (χ0) is 19.3. The molecule has 0 radical (unpaired) electrons. The standard InChI is InChI=1S/C20H21ClO5/c1-12-18(23)17(20(25-4)13(2)19(12)26-11-24-3)16(22)10-9-14-7-5-6-8-15(14)21/h5-10,23H,11H2,1-4H3. The molecule has 0 heterocycles. The van der Waals surface area contributed by atoms with E-state index in [1.165, 1.54) is 20.3 Å². The van der Waals surface area contributed by atoms with Crippen LogP contribution in [0, 0.1) is 13.8 Å². The summed E-state index contributed by atoms with van der Waals surface area (Å²) in [5.74, 6) is 0.0944. The van der Waals surface area contributed by atoms with E-state index in [1.807, 2.05) is 12.1 Å². The highest BCUT2D eigenvalue weighted by molar-refractivity contribution is 6.32. The van der Waals surface area contributed by atoms with Gasteiger partial charge in [-0.05, 0) is 37.6 Å². The number of ketones is 1. The molecule has 0 atom stereocenters. The van der Waals surface area contributed by atoms with E-state index in [1.54, 1.807) is 32.1 Å². The fourth-order valence-electron chi connectivity index (χ4n) is 2.65. The zero-order valence-corrected chi connectivity index (χ0v) is 15.9. The van der Waals surface area contributed by atoms with E-state index in [9.17, 15) is 9.90 Å². The SMILES string of the molecule is COCOc1c(C)c(O)c(C(=O)C=Cc2ccccc2Cl)c(OC)c1C. The van der Waals surface area contributed by atoms with E-state index in [-0.39, 0.29) is 23.9 Å². The molecule has 0 aromatic heterocycles. The van der Waals surface area contributed by atoms with E-state index < -0.39 is 5.78 Å². The van der Waals surface area contributed by atoms with Crippen molar-refractivity contribution in [2.75, 3.05) is 21.0 Å². The lowest BCUT2D eigenvalue weighted by Gasteiger charge is -2.19. The minimum Gasteiger partial charge on any atom is -0.507 e. The van der Waals surface area contributed by atoms with E-state index >= 15 is 0 Å². The second-order valence-corrected chi connectivity index (χ2v) is 6.01. The Hall–Kier alpha value is -2.50. The smallest absolute Gasteiger partial charge is 0.193 e. The summed E-state index contributed by atoms with van der Waals surface area (Å²) in [5, 5.41) is 11.1. The number of hydrogen-bond acceptors (Lipinski definition) is 5. The molecule has 6 heteroatoms. The van der Waals surface area contributed by atoms with Gasteiger partial charge in [-0.2, -0.15) is 0 Å². The van der Waals surface area contributed by atoms with Crippen LogP contribution in [0.4, 0.5) is 0 Å². The molecule has 0 saturated heterocycles. The fourth-order valence-corrected chi connectivity index (χ4v) is 2.85. The van der Waals surface area contributed by atoms with Crippen molar-refractivity contribution in [3.8, 4) is 17.2 Å².